The van der Waals surface area contributed by atoms with Crippen LogP contribution in [0.2, 0.25) is 0 Å². The summed E-state index contributed by atoms with van der Waals surface area (Å²) in [5.74, 6) is 1.37. The van der Waals surface area contributed by atoms with Crippen LogP contribution in [-0.2, 0) is 27.5 Å². The molecule has 3 aromatic rings. The fourth-order valence-electron chi connectivity index (χ4n) is 3.45. The van der Waals surface area contributed by atoms with Crippen LogP contribution < -0.4 is 5.73 Å². The Bertz CT molecular complexity index is 1110. The van der Waals surface area contributed by atoms with Crippen LogP contribution in [0.25, 0.3) is 11.0 Å². The van der Waals surface area contributed by atoms with Gasteiger partial charge in [0.2, 0.25) is 15.0 Å². The maximum atomic E-state index is 12.3. The molecule has 10 heteroatoms. The molecule has 0 aliphatic heterocycles. The monoisotopic (exact) mass is 432 g/mol. The molecule has 0 atom stereocenters. The maximum Gasteiger partial charge on any atom is 0.246 e. The van der Waals surface area contributed by atoms with E-state index in [2.05, 4.69) is 19.5 Å². The second-order valence-electron chi connectivity index (χ2n) is 7.24. The molecule has 3 rings (SSSR count). The average molecular weight is 433 g/mol. The number of methoxy groups -OCH3 is 1. The van der Waals surface area contributed by atoms with Crippen molar-refractivity contribution in [2.45, 2.75) is 51.2 Å². The number of sulfone groups is 1. The SMILES string of the molecule is COCCc1nc2c(N)nc(C)c(C)c2n1CCCCCS(=O)(=O)c1ncccn1. The Hall–Kier alpha value is -2.59. The smallest absolute Gasteiger partial charge is 0.246 e. The highest BCUT2D eigenvalue weighted by atomic mass is 32.2. The summed E-state index contributed by atoms with van der Waals surface area (Å²) in [5, 5.41) is -0.110. The molecule has 3 heterocycles. The lowest BCUT2D eigenvalue weighted by atomic mass is 10.2. The Morgan fingerprint density at radius 2 is 1.83 bits per heavy atom. The summed E-state index contributed by atoms with van der Waals surface area (Å²) in [4.78, 5) is 16.8. The highest BCUT2D eigenvalue weighted by molar-refractivity contribution is 7.91. The van der Waals surface area contributed by atoms with Gasteiger partial charge in [0.25, 0.3) is 0 Å². The molecule has 0 aromatic carbocycles. The van der Waals surface area contributed by atoms with E-state index in [-0.39, 0.29) is 10.9 Å². The van der Waals surface area contributed by atoms with Gasteiger partial charge in [-0.15, -0.1) is 0 Å². The van der Waals surface area contributed by atoms with Gasteiger partial charge in [-0.3, -0.25) is 0 Å². The van der Waals surface area contributed by atoms with Crippen LogP contribution in [0.1, 0.15) is 36.3 Å². The second kappa shape index (κ2) is 9.48. The van der Waals surface area contributed by atoms with Gasteiger partial charge in [0.15, 0.2) is 5.82 Å². The number of hydrogen-bond donors (Lipinski definition) is 1. The predicted octanol–water partition coefficient (Wildman–Crippen LogP) is 2.25. The summed E-state index contributed by atoms with van der Waals surface area (Å²) in [6.07, 6.45) is 5.67. The van der Waals surface area contributed by atoms with E-state index in [0.717, 1.165) is 42.0 Å². The highest BCUT2D eigenvalue weighted by Gasteiger charge is 2.19. The van der Waals surface area contributed by atoms with Crippen molar-refractivity contribution in [2.24, 2.45) is 0 Å². The second-order valence-corrected chi connectivity index (χ2v) is 9.24. The molecule has 2 N–H and O–H groups in total. The summed E-state index contributed by atoms with van der Waals surface area (Å²) in [7, 11) is -1.79. The fourth-order valence-corrected chi connectivity index (χ4v) is 4.66. The van der Waals surface area contributed by atoms with E-state index < -0.39 is 9.84 Å². The minimum atomic E-state index is -3.45. The van der Waals surface area contributed by atoms with Crippen LogP contribution in [0, 0.1) is 13.8 Å². The normalized spacial score (nSPS) is 12.0. The van der Waals surface area contributed by atoms with Gasteiger partial charge in [-0.1, -0.05) is 6.42 Å². The lowest BCUT2D eigenvalue weighted by Gasteiger charge is -2.12. The van der Waals surface area contributed by atoms with Gasteiger partial charge in [-0.25, -0.2) is 28.4 Å². The number of nitrogens with zero attached hydrogens (tertiary/aromatic N) is 5. The van der Waals surface area contributed by atoms with E-state index in [0.29, 0.717) is 30.8 Å². The molecule has 0 saturated carbocycles. The number of unbranched alkanes of at least 4 members (excludes halogenated alkanes) is 2. The third kappa shape index (κ3) is 4.76. The van der Waals surface area contributed by atoms with Crippen molar-refractivity contribution in [1.82, 2.24) is 24.5 Å². The fraction of sp³-hybridized carbons (Fsp3) is 0.500. The lowest BCUT2D eigenvalue weighted by Crippen LogP contribution is -2.11. The molecule has 9 nitrogen and oxygen atoms in total. The zero-order valence-electron chi connectivity index (χ0n) is 17.6. The number of ether oxygens (including phenoxy) is 1. The van der Waals surface area contributed by atoms with Crippen molar-refractivity contribution >= 4 is 26.7 Å². The van der Waals surface area contributed by atoms with Gasteiger partial charge >= 0.3 is 0 Å². The zero-order chi connectivity index (χ0) is 21.7. The Morgan fingerprint density at radius 3 is 2.53 bits per heavy atom. The average Bonchev–Trinajstić information content (AvgIpc) is 3.10. The minimum Gasteiger partial charge on any atom is -0.384 e. The molecule has 0 unspecified atom stereocenters. The van der Waals surface area contributed by atoms with E-state index in [1.165, 1.54) is 12.4 Å². The van der Waals surface area contributed by atoms with Crippen molar-refractivity contribution in [3.63, 3.8) is 0 Å². The van der Waals surface area contributed by atoms with Crippen molar-refractivity contribution in [1.29, 1.82) is 0 Å². The van der Waals surface area contributed by atoms with E-state index in [1.807, 2.05) is 13.8 Å². The van der Waals surface area contributed by atoms with Crippen molar-refractivity contribution in [3.8, 4) is 0 Å². The highest BCUT2D eigenvalue weighted by Crippen LogP contribution is 2.27. The van der Waals surface area contributed by atoms with E-state index >= 15 is 0 Å². The molecule has 0 bridgehead atoms. The van der Waals surface area contributed by atoms with Crippen LogP contribution in [0.4, 0.5) is 5.82 Å². The summed E-state index contributed by atoms with van der Waals surface area (Å²) < 4.78 is 32.0. The van der Waals surface area contributed by atoms with Crippen molar-refractivity contribution in [2.75, 3.05) is 25.2 Å². The van der Waals surface area contributed by atoms with Crippen molar-refractivity contribution < 1.29 is 13.2 Å². The van der Waals surface area contributed by atoms with Gasteiger partial charge in [-0.2, -0.15) is 0 Å². The number of nitrogen functional groups attached to an aromatic ring is 1. The number of aromatic nitrogens is 5. The first-order chi connectivity index (χ1) is 14.3. The summed E-state index contributed by atoms with van der Waals surface area (Å²) in [6, 6.07) is 1.60. The van der Waals surface area contributed by atoms with Gasteiger partial charge < -0.3 is 15.0 Å². The number of hydrogen-bond acceptors (Lipinski definition) is 8. The Balaban J connectivity index is 1.71. The van der Waals surface area contributed by atoms with Gasteiger partial charge in [0.1, 0.15) is 11.3 Å². The molecule has 0 aliphatic rings. The lowest BCUT2D eigenvalue weighted by molar-refractivity contribution is 0.199. The molecule has 0 radical (unpaired) electrons. The molecule has 162 valence electrons. The summed E-state index contributed by atoms with van der Waals surface area (Å²) >= 11 is 0. The summed E-state index contributed by atoms with van der Waals surface area (Å²) in [5.41, 5.74) is 9.77. The van der Waals surface area contributed by atoms with Crippen LogP contribution in [0.5, 0.6) is 0 Å². The summed E-state index contributed by atoms with van der Waals surface area (Å²) in [6.45, 7) is 5.24. The topological polar surface area (TPSA) is 126 Å². The molecule has 0 fully saturated rings. The molecule has 30 heavy (non-hydrogen) atoms. The Labute approximate surface area is 176 Å². The van der Waals surface area contributed by atoms with E-state index in [4.69, 9.17) is 15.5 Å². The van der Waals surface area contributed by atoms with E-state index in [9.17, 15) is 8.42 Å². The number of rotatable bonds is 10. The number of pyridine rings is 1. The first-order valence-corrected chi connectivity index (χ1v) is 11.6. The Morgan fingerprint density at radius 1 is 1.10 bits per heavy atom. The van der Waals surface area contributed by atoms with Crippen LogP contribution >= 0.6 is 0 Å². The number of aryl methyl sites for hydroxylation is 3. The Kier molecular flexibility index (Phi) is 6.99. The molecule has 0 amide bonds. The number of nitrogens with two attached hydrogens (primary N) is 1. The van der Waals surface area contributed by atoms with Gasteiger partial charge in [0, 0.05) is 38.2 Å². The molecular weight excluding hydrogens is 404 g/mol. The number of anilines is 1. The molecule has 0 spiro atoms. The number of imidazole rings is 1. The van der Waals surface area contributed by atoms with Gasteiger partial charge in [0.05, 0.1) is 17.9 Å². The third-order valence-corrected chi connectivity index (χ3v) is 6.71. The molecule has 0 saturated heterocycles. The van der Waals surface area contributed by atoms with Crippen LogP contribution in [0.15, 0.2) is 23.6 Å². The first kappa shape index (κ1) is 22.1. The predicted molar refractivity (Wildman–Crippen MR) is 115 cm³/mol. The standard InChI is InChI=1S/C20H28N6O3S/c1-14-15(2)24-19(21)17-18(14)26(16(25-17)8-12-29-3)11-5-4-6-13-30(27,28)20-22-9-7-10-23-20/h7,9-10H,4-6,8,11-13H2,1-3H3,(H2,21,24). The maximum absolute atomic E-state index is 12.3. The molecule has 0 aliphatic carbocycles. The van der Waals surface area contributed by atoms with Gasteiger partial charge in [-0.05, 0) is 38.3 Å². The largest absolute Gasteiger partial charge is 0.384 e. The number of fused-ring (bicyclic) bond motifs is 1. The molecular formula is C20H28N6O3S. The molecule has 3 aromatic heterocycles. The van der Waals surface area contributed by atoms with Crippen LogP contribution in [-0.4, -0.2) is 52.4 Å². The van der Waals surface area contributed by atoms with Crippen molar-refractivity contribution in [3.05, 3.63) is 35.5 Å². The quantitative estimate of drug-likeness (QED) is 0.382. The zero-order valence-corrected chi connectivity index (χ0v) is 18.4. The minimum absolute atomic E-state index is 0.0349. The van der Waals surface area contributed by atoms with Crippen LogP contribution in [0.3, 0.4) is 0 Å². The van der Waals surface area contributed by atoms with E-state index in [1.54, 1.807) is 13.2 Å². The third-order valence-electron chi connectivity index (χ3n) is 5.12. The first-order valence-electron chi connectivity index (χ1n) is 9.95.